The lowest BCUT2D eigenvalue weighted by molar-refractivity contribution is 0.248. The molecular weight excluding hydrogens is 258 g/mol. The van der Waals surface area contributed by atoms with E-state index in [0.29, 0.717) is 0 Å². The zero-order valence-electron chi connectivity index (χ0n) is 8.93. The summed E-state index contributed by atoms with van der Waals surface area (Å²) in [5, 5.41) is 0. The van der Waals surface area contributed by atoms with Crippen molar-refractivity contribution in [2.24, 2.45) is 5.73 Å². The van der Waals surface area contributed by atoms with Crippen molar-refractivity contribution in [2.75, 3.05) is 26.3 Å². The molecule has 16 heavy (non-hydrogen) atoms. The molecule has 0 spiro atoms. The first-order valence-electron chi connectivity index (χ1n) is 4.58. The Kier molecular flexibility index (Phi) is 6.32. The topological polar surface area (TPSA) is 144 Å². The maximum atomic E-state index is 11.1. The van der Waals surface area contributed by atoms with E-state index in [4.69, 9.17) is 25.3 Å². The Bertz CT molecular complexity index is 299. The fraction of sp³-hybridized carbons (Fsp3) is 1.00. The highest BCUT2D eigenvalue weighted by Gasteiger charge is 2.33. The molecule has 1 atom stereocenters. The van der Waals surface area contributed by atoms with Crippen molar-refractivity contribution in [3.8, 4) is 0 Å². The second-order valence-electron chi connectivity index (χ2n) is 3.52. The average molecular weight is 276 g/mol. The fourth-order valence-corrected chi connectivity index (χ4v) is 3.16. The molecule has 0 bridgehead atoms. The summed E-state index contributed by atoms with van der Waals surface area (Å²) in [6.45, 7) is 0.458. The van der Waals surface area contributed by atoms with E-state index in [1.807, 2.05) is 0 Å². The third-order valence-electron chi connectivity index (χ3n) is 2.06. The van der Waals surface area contributed by atoms with Crippen LogP contribution in [-0.2, 0) is 9.13 Å². The summed E-state index contributed by atoms with van der Waals surface area (Å²) in [6, 6.07) is 0. The summed E-state index contributed by atoms with van der Waals surface area (Å²) in [7, 11) is -7.22. The van der Waals surface area contributed by atoms with Gasteiger partial charge in [-0.1, -0.05) is 0 Å². The molecule has 0 fully saturated rings. The molecular formula is C6H18N2O6P2. The zero-order chi connectivity index (χ0) is 13.0. The van der Waals surface area contributed by atoms with Crippen LogP contribution in [0.25, 0.3) is 0 Å². The van der Waals surface area contributed by atoms with E-state index >= 15 is 0 Å². The summed E-state index contributed by atoms with van der Waals surface area (Å²) in [5.74, 6) is -1.20. The van der Waals surface area contributed by atoms with Crippen LogP contribution in [0.2, 0.25) is 0 Å². The molecule has 8 nitrogen and oxygen atoms in total. The van der Waals surface area contributed by atoms with E-state index in [1.165, 1.54) is 11.9 Å². The van der Waals surface area contributed by atoms with Crippen LogP contribution in [0.1, 0.15) is 6.42 Å². The number of hydrogen-bond acceptors (Lipinski definition) is 4. The molecule has 0 amide bonds. The van der Waals surface area contributed by atoms with Gasteiger partial charge in [0.15, 0.2) is 0 Å². The van der Waals surface area contributed by atoms with Crippen LogP contribution in [0.4, 0.5) is 0 Å². The van der Waals surface area contributed by atoms with E-state index in [0.717, 1.165) is 0 Å². The minimum Gasteiger partial charge on any atom is -0.329 e. The zero-order valence-corrected chi connectivity index (χ0v) is 10.7. The Morgan fingerprint density at radius 1 is 1.25 bits per heavy atom. The van der Waals surface area contributed by atoms with Gasteiger partial charge in [-0.05, 0) is 13.5 Å². The standard InChI is InChI=1S/C6H18N2O6P2/c1-8(4-3-7)6(16(12,13)14)2-5-15(9,10)11/h6H,2-5,7H2,1H3,(H2,9,10,11)(H2,12,13,14). The van der Waals surface area contributed by atoms with E-state index < -0.39 is 27.1 Å². The van der Waals surface area contributed by atoms with Crippen molar-refractivity contribution in [3.63, 3.8) is 0 Å². The average Bonchev–Trinajstić information content (AvgIpc) is 1.99. The number of rotatable bonds is 7. The summed E-state index contributed by atoms with van der Waals surface area (Å²) in [5.41, 5.74) is 5.24. The molecule has 0 saturated heterocycles. The summed E-state index contributed by atoms with van der Waals surface area (Å²) in [4.78, 5) is 36.7. The molecule has 0 aliphatic heterocycles. The number of hydrogen-bond donors (Lipinski definition) is 5. The maximum Gasteiger partial charge on any atom is 0.342 e. The first-order chi connectivity index (χ1) is 7.08. The first-order valence-corrected chi connectivity index (χ1v) is 8.06. The van der Waals surface area contributed by atoms with Gasteiger partial charge in [0.05, 0.1) is 6.16 Å². The molecule has 0 aliphatic rings. The normalized spacial score (nSPS) is 15.4. The molecule has 0 aromatic carbocycles. The minimum atomic E-state index is -4.42. The molecule has 0 saturated carbocycles. The van der Waals surface area contributed by atoms with Gasteiger partial charge in [-0.25, -0.2) is 0 Å². The Morgan fingerprint density at radius 2 is 1.75 bits per heavy atom. The van der Waals surface area contributed by atoms with E-state index in [1.54, 1.807) is 0 Å². The van der Waals surface area contributed by atoms with E-state index in [2.05, 4.69) is 0 Å². The molecule has 0 aromatic rings. The summed E-state index contributed by atoms with van der Waals surface area (Å²) >= 11 is 0. The predicted molar refractivity (Wildman–Crippen MR) is 59.0 cm³/mol. The predicted octanol–water partition coefficient (Wildman–Crippen LogP) is -1.05. The molecule has 6 N–H and O–H groups in total. The number of likely N-dealkylation sites (N-methyl/N-ethyl adjacent to an activating group) is 1. The van der Waals surface area contributed by atoms with Crippen LogP contribution in [0, 0.1) is 0 Å². The molecule has 0 aromatic heterocycles. The van der Waals surface area contributed by atoms with Crippen molar-refractivity contribution in [1.82, 2.24) is 4.90 Å². The van der Waals surface area contributed by atoms with Gasteiger partial charge in [0, 0.05) is 13.1 Å². The summed E-state index contributed by atoms with van der Waals surface area (Å²) in [6.07, 6.45) is -0.831. The van der Waals surface area contributed by atoms with Crippen LogP contribution in [0.3, 0.4) is 0 Å². The lowest BCUT2D eigenvalue weighted by atomic mass is 10.4. The highest BCUT2D eigenvalue weighted by Crippen LogP contribution is 2.47. The number of nitrogens with zero attached hydrogens (tertiary/aromatic N) is 1. The van der Waals surface area contributed by atoms with Gasteiger partial charge in [0.2, 0.25) is 0 Å². The SMILES string of the molecule is CN(CCN)C(CCP(=O)(O)O)P(=O)(O)O. The molecule has 0 rings (SSSR count). The van der Waals surface area contributed by atoms with Crippen LogP contribution in [0.15, 0.2) is 0 Å². The fourth-order valence-electron chi connectivity index (χ4n) is 1.28. The van der Waals surface area contributed by atoms with Crippen molar-refractivity contribution in [2.45, 2.75) is 12.2 Å². The van der Waals surface area contributed by atoms with Gasteiger partial charge in [0.25, 0.3) is 0 Å². The highest BCUT2D eigenvalue weighted by molar-refractivity contribution is 7.53. The van der Waals surface area contributed by atoms with Gasteiger partial charge in [-0.3, -0.25) is 14.0 Å². The second kappa shape index (κ2) is 6.23. The van der Waals surface area contributed by atoms with Crippen molar-refractivity contribution >= 4 is 15.2 Å². The van der Waals surface area contributed by atoms with E-state index in [9.17, 15) is 9.13 Å². The molecule has 0 radical (unpaired) electrons. The second-order valence-corrected chi connectivity index (χ2v) is 7.07. The molecule has 0 aliphatic carbocycles. The monoisotopic (exact) mass is 276 g/mol. The van der Waals surface area contributed by atoms with Gasteiger partial charge in [-0.2, -0.15) is 0 Å². The third kappa shape index (κ3) is 6.73. The molecule has 1 unspecified atom stereocenters. The van der Waals surface area contributed by atoms with Crippen LogP contribution in [0.5, 0.6) is 0 Å². The Morgan fingerprint density at radius 3 is 2.06 bits per heavy atom. The van der Waals surface area contributed by atoms with Crippen LogP contribution >= 0.6 is 15.2 Å². The van der Waals surface area contributed by atoms with Gasteiger partial charge >= 0.3 is 15.2 Å². The quantitative estimate of drug-likeness (QED) is 0.370. The van der Waals surface area contributed by atoms with Crippen LogP contribution < -0.4 is 5.73 Å². The molecule has 0 heterocycles. The van der Waals surface area contributed by atoms with Gasteiger partial charge in [-0.15, -0.1) is 0 Å². The van der Waals surface area contributed by atoms with Crippen molar-refractivity contribution in [1.29, 1.82) is 0 Å². The maximum absolute atomic E-state index is 11.1. The van der Waals surface area contributed by atoms with Crippen molar-refractivity contribution < 1.29 is 28.7 Å². The van der Waals surface area contributed by atoms with Crippen LogP contribution in [-0.4, -0.2) is 56.6 Å². The Labute approximate surface area is 93.8 Å². The van der Waals surface area contributed by atoms with Gasteiger partial charge in [0.1, 0.15) is 5.78 Å². The number of nitrogens with two attached hydrogens (primary N) is 1. The van der Waals surface area contributed by atoms with Crippen molar-refractivity contribution in [3.05, 3.63) is 0 Å². The molecule has 98 valence electrons. The van der Waals surface area contributed by atoms with E-state index in [-0.39, 0.29) is 19.5 Å². The lowest BCUT2D eigenvalue weighted by Gasteiger charge is -2.28. The molecule has 10 heteroatoms. The third-order valence-corrected chi connectivity index (χ3v) is 4.33. The minimum absolute atomic E-state index is 0.211. The summed E-state index contributed by atoms with van der Waals surface area (Å²) < 4.78 is 21.8. The smallest absolute Gasteiger partial charge is 0.329 e. The lowest BCUT2D eigenvalue weighted by Crippen LogP contribution is -2.36. The Hall–Kier alpha value is 0.220. The highest BCUT2D eigenvalue weighted by atomic mass is 31.2. The Balaban J connectivity index is 4.58. The largest absolute Gasteiger partial charge is 0.342 e. The first kappa shape index (κ1) is 16.2. The van der Waals surface area contributed by atoms with Gasteiger partial charge < -0.3 is 25.3 Å².